The maximum atomic E-state index is 7.61. The van der Waals surface area contributed by atoms with Gasteiger partial charge >= 0.3 is 7.12 Å². The second-order valence-electron chi connectivity index (χ2n) is 0.632. The van der Waals surface area contributed by atoms with Gasteiger partial charge in [0.1, 0.15) is 0 Å². The van der Waals surface area contributed by atoms with Crippen LogP contribution in [0, 0.1) is 0 Å². The first-order chi connectivity index (χ1) is 7.73. The van der Waals surface area contributed by atoms with Crippen LogP contribution in [0.3, 0.4) is 0 Å². The zero-order valence-electron chi connectivity index (χ0n) is 14.5. The van der Waals surface area contributed by atoms with E-state index in [0.717, 1.165) is 0 Å². The van der Waals surface area contributed by atoms with Crippen molar-refractivity contribution in [2.24, 2.45) is 0 Å². The van der Waals surface area contributed by atoms with Gasteiger partial charge in [-0.15, -0.1) is 0 Å². The SMILES string of the molecule is CB(O)O.CC.CC.CC.CC.CC.CC. The molecular formula is C13H41BO2. The molecular weight excluding hydrogens is 199 g/mol. The zero-order valence-corrected chi connectivity index (χ0v) is 14.5. The summed E-state index contributed by atoms with van der Waals surface area (Å²) >= 11 is 0. The fraction of sp³-hybridized carbons (Fsp3) is 1.00. The molecule has 0 unspecified atom stereocenters. The molecule has 0 aliphatic rings. The first kappa shape index (κ1) is 44.5. The van der Waals surface area contributed by atoms with E-state index in [4.69, 9.17) is 10.0 Å². The topological polar surface area (TPSA) is 40.5 Å². The molecule has 108 valence electrons. The van der Waals surface area contributed by atoms with Gasteiger partial charge in [-0.1, -0.05) is 83.1 Å². The predicted molar refractivity (Wildman–Crippen MR) is 84.1 cm³/mol. The largest absolute Gasteiger partial charge is 0.448 e. The molecule has 0 aliphatic heterocycles. The Labute approximate surface area is 108 Å². The van der Waals surface area contributed by atoms with Gasteiger partial charge in [-0.2, -0.15) is 0 Å². The third kappa shape index (κ3) is 10400000. The van der Waals surface area contributed by atoms with Crippen LogP contribution in [0.5, 0.6) is 0 Å². The van der Waals surface area contributed by atoms with Crippen molar-refractivity contribution in [3.8, 4) is 0 Å². The lowest BCUT2D eigenvalue weighted by molar-refractivity contribution is 0.417. The Bertz CT molecular complexity index is 18.6. The molecule has 0 saturated carbocycles. The van der Waals surface area contributed by atoms with Crippen LogP contribution in [0.2, 0.25) is 6.82 Å². The second kappa shape index (κ2) is 329. The summed E-state index contributed by atoms with van der Waals surface area (Å²) in [7, 11) is -1.17. The Kier molecular flexibility index (Phi) is 914. The molecule has 0 aliphatic carbocycles. The van der Waals surface area contributed by atoms with Crippen LogP contribution in [-0.2, 0) is 0 Å². The van der Waals surface area contributed by atoms with Crippen molar-refractivity contribution in [1.29, 1.82) is 0 Å². The summed E-state index contributed by atoms with van der Waals surface area (Å²) in [6.07, 6.45) is 0. The van der Waals surface area contributed by atoms with Crippen molar-refractivity contribution in [3.05, 3.63) is 0 Å². The molecule has 2 N–H and O–H groups in total. The maximum absolute atomic E-state index is 7.61. The van der Waals surface area contributed by atoms with Gasteiger partial charge in [0.15, 0.2) is 0 Å². The Morgan fingerprint density at radius 2 is 0.438 bits per heavy atom. The van der Waals surface area contributed by atoms with Crippen LogP contribution in [-0.4, -0.2) is 17.2 Å². The average molecular weight is 240 g/mol. The summed E-state index contributed by atoms with van der Waals surface area (Å²) in [5, 5.41) is 15.2. The normalized spacial score (nSPS) is 3.94. The van der Waals surface area contributed by atoms with Gasteiger partial charge in [0.2, 0.25) is 0 Å². The Morgan fingerprint density at radius 1 is 0.438 bits per heavy atom. The second-order valence-corrected chi connectivity index (χ2v) is 0.632. The summed E-state index contributed by atoms with van der Waals surface area (Å²) in [5.74, 6) is 0. The van der Waals surface area contributed by atoms with Gasteiger partial charge in [-0.3, -0.25) is 0 Å². The minimum atomic E-state index is -1.17. The molecule has 0 aromatic carbocycles. The van der Waals surface area contributed by atoms with E-state index >= 15 is 0 Å². The van der Waals surface area contributed by atoms with Crippen molar-refractivity contribution >= 4 is 7.12 Å². The molecule has 2 nitrogen and oxygen atoms in total. The fourth-order valence-electron chi connectivity index (χ4n) is 0. The Morgan fingerprint density at radius 3 is 0.438 bits per heavy atom. The van der Waals surface area contributed by atoms with E-state index in [-0.39, 0.29) is 0 Å². The van der Waals surface area contributed by atoms with E-state index < -0.39 is 7.12 Å². The van der Waals surface area contributed by atoms with Crippen LogP contribution in [0.1, 0.15) is 83.1 Å². The van der Waals surface area contributed by atoms with Crippen molar-refractivity contribution < 1.29 is 10.0 Å². The maximum Gasteiger partial charge on any atom is 0.448 e. The molecule has 0 aromatic heterocycles. The first-order valence-corrected chi connectivity index (χ1v) is 7.09. The van der Waals surface area contributed by atoms with E-state index in [1.54, 1.807) is 0 Å². The third-order valence-electron chi connectivity index (χ3n) is 0. The summed E-state index contributed by atoms with van der Waals surface area (Å²) < 4.78 is 0. The van der Waals surface area contributed by atoms with E-state index in [0.29, 0.717) is 0 Å². The van der Waals surface area contributed by atoms with Gasteiger partial charge in [0, 0.05) is 0 Å². The number of hydrogen-bond donors (Lipinski definition) is 2. The highest BCUT2D eigenvalue weighted by atomic mass is 16.4. The lowest BCUT2D eigenvalue weighted by Crippen LogP contribution is -2.00. The third-order valence-corrected chi connectivity index (χ3v) is 0. The summed E-state index contributed by atoms with van der Waals surface area (Å²) in [6.45, 7) is 25.3. The van der Waals surface area contributed by atoms with Crippen LogP contribution >= 0.6 is 0 Å². The smallest absolute Gasteiger partial charge is 0.427 e. The molecule has 0 heterocycles. The molecule has 0 rings (SSSR count). The van der Waals surface area contributed by atoms with Crippen LogP contribution in [0.15, 0.2) is 0 Å². The van der Waals surface area contributed by atoms with Gasteiger partial charge in [0.25, 0.3) is 0 Å². The highest BCUT2D eigenvalue weighted by Gasteiger charge is 1.86. The summed E-state index contributed by atoms with van der Waals surface area (Å²) in [5.41, 5.74) is 0. The van der Waals surface area contributed by atoms with Crippen LogP contribution < -0.4 is 0 Å². The van der Waals surface area contributed by atoms with Crippen LogP contribution in [0.25, 0.3) is 0 Å². The van der Waals surface area contributed by atoms with Gasteiger partial charge in [0.05, 0.1) is 0 Å². The lowest BCUT2D eigenvalue weighted by atomic mass is 9.99. The minimum absolute atomic E-state index is 1.17. The zero-order chi connectivity index (χ0) is 15.6. The molecule has 0 saturated heterocycles. The molecule has 3 heteroatoms. The Balaban J connectivity index is -0.0000000122. The van der Waals surface area contributed by atoms with Crippen molar-refractivity contribution in [3.63, 3.8) is 0 Å². The molecule has 0 aromatic rings. The van der Waals surface area contributed by atoms with Crippen molar-refractivity contribution in [2.75, 3.05) is 0 Å². The molecule has 0 amide bonds. The van der Waals surface area contributed by atoms with Gasteiger partial charge < -0.3 is 10.0 Å². The monoisotopic (exact) mass is 240 g/mol. The molecule has 0 bridgehead atoms. The molecule has 0 fully saturated rings. The minimum Gasteiger partial charge on any atom is -0.427 e. The molecule has 16 heavy (non-hydrogen) atoms. The standard InChI is InChI=1S/6C2H6.CH5BO2/c6*1-2;1-2(3)4/h6*1-2H3;3-4H,1H3. The van der Waals surface area contributed by atoms with E-state index in [2.05, 4.69) is 0 Å². The average Bonchev–Trinajstić information content (AvgIpc) is 2.42. The van der Waals surface area contributed by atoms with Crippen molar-refractivity contribution in [2.45, 2.75) is 89.9 Å². The van der Waals surface area contributed by atoms with E-state index in [1.165, 1.54) is 6.82 Å². The quantitative estimate of drug-likeness (QED) is 0.568. The predicted octanol–water partition coefficient (Wildman–Crippen LogP) is 5.25. The highest BCUT2D eigenvalue weighted by molar-refractivity contribution is 6.38. The molecule has 0 radical (unpaired) electrons. The Hall–Kier alpha value is -0.0151. The first-order valence-electron chi connectivity index (χ1n) is 7.09. The fourth-order valence-corrected chi connectivity index (χ4v) is 0. The number of hydrogen-bond acceptors (Lipinski definition) is 2. The highest BCUT2D eigenvalue weighted by Crippen LogP contribution is 1.51. The van der Waals surface area contributed by atoms with Crippen LogP contribution in [0.4, 0.5) is 0 Å². The summed E-state index contributed by atoms with van der Waals surface area (Å²) in [4.78, 5) is 0. The van der Waals surface area contributed by atoms with E-state index in [9.17, 15) is 0 Å². The number of rotatable bonds is 0. The van der Waals surface area contributed by atoms with Gasteiger partial charge in [-0.05, 0) is 6.82 Å². The van der Waals surface area contributed by atoms with E-state index in [1.807, 2.05) is 83.1 Å². The molecule has 0 spiro atoms. The van der Waals surface area contributed by atoms with Crippen molar-refractivity contribution in [1.82, 2.24) is 0 Å². The van der Waals surface area contributed by atoms with Gasteiger partial charge in [-0.25, -0.2) is 0 Å². The summed E-state index contributed by atoms with van der Waals surface area (Å²) in [6, 6.07) is 0. The molecule has 0 atom stereocenters. The lowest BCUT2D eigenvalue weighted by Gasteiger charge is -1.71.